The van der Waals surface area contributed by atoms with Crippen molar-refractivity contribution >= 4 is 28.7 Å². The maximum atomic E-state index is 13.8. The Hall–Kier alpha value is -2.94. The molecule has 3 rings (SSSR count). The van der Waals surface area contributed by atoms with Crippen LogP contribution in [0.4, 0.5) is 0 Å². The topological polar surface area (TPSA) is 83.5 Å². The second-order valence-electron chi connectivity index (χ2n) is 8.53. The van der Waals surface area contributed by atoms with Crippen molar-refractivity contribution in [2.24, 2.45) is 4.99 Å². The van der Waals surface area contributed by atoms with Gasteiger partial charge in [-0.05, 0) is 57.7 Å². The van der Waals surface area contributed by atoms with Crippen LogP contribution < -0.4 is 14.8 Å². The average molecular weight is 501 g/mol. The number of amidine groups is 1. The van der Waals surface area contributed by atoms with Gasteiger partial charge in [0.05, 0.1) is 38.0 Å². The molecule has 0 saturated carbocycles. The number of hydrogen-bond donors (Lipinski definition) is 1. The Labute approximate surface area is 212 Å². The molecule has 0 unspecified atom stereocenters. The van der Waals surface area contributed by atoms with Gasteiger partial charge in [-0.1, -0.05) is 18.7 Å². The maximum absolute atomic E-state index is 13.8. The number of nitrogens with zero attached hydrogens (tertiary/aromatic N) is 3. The molecule has 2 amide bonds. The first-order valence-corrected chi connectivity index (χ1v) is 12.9. The van der Waals surface area contributed by atoms with E-state index in [1.807, 2.05) is 63.1 Å². The number of ether oxygens (including phenoxy) is 2. The molecule has 1 aromatic carbocycles. The molecule has 2 heterocycles. The third kappa shape index (κ3) is 5.50. The van der Waals surface area contributed by atoms with Crippen molar-refractivity contribution in [1.82, 2.24) is 15.1 Å². The van der Waals surface area contributed by atoms with E-state index in [4.69, 9.17) is 14.5 Å². The predicted octanol–water partition coefficient (Wildman–Crippen LogP) is 4.45. The summed E-state index contributed by atoms with van der Waals surface area (Å²) in [6, 6.07) is 5.14. The quantitative estimate of drug-likeness (QED) is 0.511. The second kappa shape index (κ2) is 11.7. The molecule has 0 aliphatic carbocycles. The summed E-state index contributed by atoms with van der Waals surface area (Å²) in [4.78, 5) is 35.2. The number of methoxy groups -OCH3 is 2. The first kappa shape index (κ1) is 26.7. The van der Waals surface area contributed by atoms with Crippen LogP contribution in [0.2, 0.25) is 0 Å². The summed E-state index contributed by atoms with van der Waals surface area (Å²) in [6.45, 7) is 11.0. The zero-order chi connectivity index (χ0) is 25.7. The van der Waals surface area contributed by atoms with Crippen molar-refractivity contribution in [3.63, 3.8) is 0 Å². The second-order valence-corrected chi connectivity index (χ2v) is 9.37. The van der Waals surface area contributed by atoms with Crippen LogP contribution in [0.15, 0.2) is 45.6 Å². The van der Waals surface area contributed by atoms with Gasteiger partial charge < -0.3 is 24.6 Å². The van der Waals surface area contributed by atoms with Crippen molar-refractivity contribution in [3.05, 3.63) is 46.1 Å². The summed E-state index contributed by atoms with van der Waals surface area (Å²) >= 11 is 1.46. The van der Waals surface area contributed by atoms with Crippen LogP contribution in [0.5, 0.6) is 11.5 Å². The highest BCUT2D eigenvalue weighted by Crippen LogP contribution is 2.47. The Kier molecular flexibility index (Phi) is 8.88. The molecule has 8 nitrogen and oxygen atoms in total. The molecule has 190 valence electrons. The van der Waals surface area contributed by atoms with Gasteiger partial charge in [0, 0.05) is 30.4 Å². The third-order valence-electron chi connectivity index (χ3n) is 6.37. The van der Waals surface area contributed by atoms with Gasteiger partial charge in [-0.25, -0.2) is 4.99 Å². The Bertz CT molecular complexity index is 1060. The molecule has 0 aromatic heterocycles. The fraction of sp³-hybridized carbons (Fsp3) is 0.500. The minimum absolute atomic E-state index is 0.0632. The van der Waals surface area contributed by atoms with Crippen molar-refractivity contribution < 1.29 is 19.1 Å². The van der Waals surface area contributed by atoms with E-state index >= 15 is 0 Å². The van der Waals surface area contributed by atoms with E-state index in [-0.39, 0.29) is 24.3 Å². The lowest BCUT2D eigenvalue weighted by atomic mass is 9.91. The molecule has 0 saturated heterocycles. The number of allylic oxidation sites excluding steroid dienone is 1. The summed E-state index contributed by atoms with van der Waals surface area (Å²) in [6.07, 6.45) is 1.04. The van der Waals surface area contributed by atoms with Crippen LogP contribution in [-0.4, -0.2) is 60.1 Å². The molecule has 35 heavy (non-hydrogen) atoms. The number of rotatable bonds is 10. The van der Waals surface area contributed by atoms with Crippen LogP contribution in [0, 0.1) is 0 Å². The number of carbonyl (C=O) groups excluding carboxylic acids is 2. The number of nitrogens with one attached hydrogen (secondary N) is 1. The molecule has 0 fully saturated rings. The molecular formula is C26H36N4O4S. The number of fused-ring (bicyclic) bond motifs is 1. The highest BCUT2D eigenvalue weighted by atomic mass is 32.2. The van der Waals surface area contributed by atoms with E-state index in [1.54, 1.807) is 19.1 Å². The Morgan fingerprint density at radius 1 is 1.20 bits per heavy atom. The third-order valence-corrected chi connectivity index (χ3v) is 7.26. The van der Waals surface area contributed by atoms with E-state index in [2.05, 4.69) is 5.32 Å². The van der Waals surface area contributed by atoms with Gasteiger partial charge in [-0.2, -0.15) is 0 Å². The van der Waals surface area contributed by atoms with E-state index in [0.717, 1.165) is 22.8 Å². The van der Waals surface area contributed by atoms with Crippen LogP contribution in [-0.2, 0) is 9.59 Å². The van der Waals surface area contributed by atoms with Crippen molar-refractivity contribution in [2.75, 3.05) is 27.3 Å². The molecule has 0 bridgehead atoms. The Morgan fingerprint density at radius 2 is 1.91 bits per heavy atom. The largest absolute Gasteiger partial charge is 0.497 e. The maximum Gasteiger partial charge on any atom is 0.254 e. The summed E-state index contributed by atoms with van der Waals surface area (Å²) in [5, 5.41) is 5.73. The molecule has 2 aliphatic heterocycles. The minimum Gasteiger partial charge on any atom is -0.497 e. The summed E-state index contributed by atoms with van der Waals surface area (Å²) < 4.78 is 11.2. The van der Waals surface area contributed by atoms with Crippen molar-refractivity contribution in [2.45, 2.75) is 59.5 Å². The molecule has 0 radical (unpaired) electrons. The number of hydrogen-bond acceptors (Lipinski definition) is 7. The molecule has 2 aliphatic rings. The highest BCUT2D eigenvalue weighted by molar-refractivity contribution is 8.16. The lowest BCUT2D eigenvalue weighted by Crippen LogP contribution is -2.42. The number of likely N-dealkylation sites (N-methyl/N-ethyl adjacent to an activating group) is 1. The molecule has 9 heteroatoms. The zero-order valence-corrected chi connectivity index (χ0v) is 22.5. The molecule has 1 N–H and O–H groups in total. The Balaban J connectivity index is 2.14. The predicted molar refractivity (Wildman–Crippen MR) is 140 cm³/mol. The summed E-state index contributed by atoms with van der Waals surface area (Å²) in [7, 11) is 3.22. The summed E-state index contributed by atoms with van der Waals surface area (Å²) in [5.74, 6) is 1.15. The zero-order valence-electron chi connectivity index (χ0n) is 21.7. The van der Waals surface area contributed by atoms with Crippen LogP contribution in [0.25, 0.3) is 0 Å². The normalized spacial score (nSPS) is 17.9. The SMILES string of the molecule is CC[C@H](C)NC(=O)CC1=CSC2=NC(C)=C(C(=O)N(CC)CC)[C@@H](c3cc(OC)ccc3OC)N12. The van der Waals surface area contributed by atoms with E-state index in [0.29, 0.717) is 35.9 Å². The van der Waals surface area contributed by atoms with E-state index < -0.39 is 6.04 Å². The van der Waals surface area contributed by atoms with Crippen LogP contribution in [0.1, 0.15) is 59.1 Å². The smallest absolute Gasteiger partial charge is 0.254 e. The first-order chi connectivity index (χ1) is 16.8. The molecular weight excluding hydrogens is 464 g/mol. The molecule has 1 aromatic rings. The number of amides is 2. The van der Waals surface area contributed by atoms with Crippen LogP contribution in [0.3, 0.4) is 0 Å². The lowest BCUT2D eigenvalue weighted by Gasteiger charge is -2.38. The van der Waals surface area contributed by atoms with E-state index in [1.165, 1.54) is 11.8 Å². The monoisotopic (exact) mass is 500 g/mol. The fourth-order valence-electron chi connectivity index (χ4n) is 4.26. The van der Waals surface area contributed by atoms with Gasteiger partial charge in [0.2, 0.25) is 5.91 Å². The molecule has 0 spiro atoms. The van der Waals surface area contributed by atoms with Gasteiger partial charge in [0.15, 0.2) is 5.17 Å². The average Bonchev–Trinajstić information content (AvgIpc) is 3.24. The van der Waals surface area contributed by atoms with Crippen LogP contribution >= 0.6 is 11.8 Å². The van der Waals surface area contributed by atoms with Gasteiger partial charge in [-0.3, -0.25) is 9.59 Å². The standard InChI is InChI=1S/C26H36N4O4S/c1-8-16(4)27-22(31)13-18-15-35-26-28-17(5)23(25(32)29(9-2)10-3)24(30(18)26)20-14-19(33-6)11-12-21(20)34-7/h11-12,14-16,24H,8-10,13H2,1-7H3,(H,27,31)/t16-,24+/m0/s1. The minimum atomic E-state index is -0.515. The van der Waals surface area contributed by atoms with Gasteiger partial charge in [0.1, 0.15) is 11.5 Å². The van der Waals surface area contributed by atoms with Gasteiger partial charge in [-0.15, -0.1) is 0 Å². The van der Waals surface area contributed by atoms with Gasteiger partial charge >= 0.3 is 0 Å². The number of aliphatic imine (C=N–C) groups is 1. The van der Waals surface area contributed by atoms with Crippen molar-refractivity contribution in [3.8, 4) is 11.5 Å². The lowest BCUT2D eigenvalue weighted by molar-refractivity contribution is -0.127. The van der Waals surface area contributed by atoms with Crippen molar-refractivity contribution in [1.29, 1.82) is 0 Å². The van der Waals surface area contributed by atoms with E-state index in [9.17, 15) is 9.59 Å². The fourth-order valence-corrected chi connectivity index (χ4v) is 5.23. The first-order valence-electron chi connectivity index (χ1n) is 12.0. The van der Waals surface area contributed by atoms with Gasteiger partial charge in [0.25, 0.3) is 5.91 Å². The number of thioether (sulfide) groups is 1. The molecule has 2 atom stereocenters. The highest BCUT2D eigenvalue weighted by Gasteiger charge is 2.42. The number of carbonyl (C=O) groups is 2. The number of benzene rings is 1. The summed E-state index contributed by atoms with van der Waals surface area (Å²) in [5.41, 5.74) is 2.81. The Morgan fingerprint density at radius 3 is 2.51 bits per heavy atom.